The second kappa shape index (κ2) is 10.8. The number of rotatable bonds is 10. The molecule has 9 heteroatoms. The molecule has 2 aromatic carbocycles. The van der Waals surface area contributed by atoms with Gasteiger partial charge in [0.2, 0.25) is 5.60 Å². The van der Waals surface area contributed by atoms with E-state index in [2.05, 4.69) is 4.99 Å². The number of benzene rings is 2. The Bertz CT molecular complexity index is 917. The Hall–Kier alpha value is -2.65. The van der Waals surface area contributed by atoms with Crippen LogP contribution in [0.15, 0.2) is 41.4 Å². The first-order valence-corrected chi connectivity index (χ1v) is 10.1. The number of ether oxygens (including phenoxy) is 2. The van der Waals surface area contributed by atoms with E-state index >= 15 is 0 Å². The van der Waals surface area contributed by atoms with Gasteiger partial charge in [-0.25, -0.2) is 9.38 Å². The van der Waals surface area contributed by atoms with Crippen LogP contribution in [0, 0.1) is 12.7 Å². The normalized spacial score (nSPS) is 13.9. The van der Waals surface area contributed by atoms with Crippen LogP contribution >= 0.6 is 0 Å². The van der Waals surface area contributed by atoms with Crippen LogP contribution in [0.5, 0.6) is 5.75 Å². The number of halogens is 4. The lowest BCUT2D eigenvalue weighted by Crippen LogP contribution is -2.46. The molecule has 0 aliphatic rings. The minimum Gasteiger partial charge on any atom is -0.496 e. The van der Waals surface area contributed by atoms with Crippen molar-refractivity contribution in [3.8, 4) is 5.75 Å². The summed E-state index contributed by atoms with van der Waals surface area (Å²) in [6, 6.07) is 8.15. The topological polar surface area (TPSA) is 54.3 Å². The van der Waals surface area contributed by atoms with Gasteiger partial charge in [0.1, 0.15) is 11.6 Å². The van der Waals surface area contributed by atoms with E-state index in [1.807, 2.05) is 14.0 Å². The van der Waals surface area contributed by atoms with Gasteiger partial charge in [-0.2, -0.15) is 13.2 Å². The third kappa shape index (κ3) is 6.20. The summed E-state index contributed by atoms with van der Waals surface area (Å²) in [5, 5.41) is 10.7. The van der Waals surface area contributed by atoms with E-state index in [4.69, 9.17) is 9.47 Å². The summed E-state index contributed by atoms with van der Waals surface area (Å²) in [5.41, 5.74) is -2.17. The van der Waals surface area contributed by atoms with Gasteiger partial charge in [0.05, 0.1) is 32.3 Å². The SMILES string of the molecule is CCN(C)C=Nc1cc(OC)c(C(O)(COCCc2ccc(F)cc2)C(F)(F)F)cc1C. The van der Waals surface area contributed by atoms with E-state index in [0.717, 1.165) is 0 Å². The summed E-state index contributed by atoms with van der Waals surface area (Å²) in [6.45, 7) is 3.14. The minimum absolute atomic E-state index is 0.0863. The van der Waals surface area contributed by atoms with Crippen molar-refractivity contribution >= 4 is 12.0 Å². The van der Waals surface area contributed by atoms with Gasteiger partial charge in [0.15, 0.2) is 0 Å². The summed E-state index contributed by atoms with van der Waals surface area (Å²) in [7, 11) is 3.04. The number of aliphatic hydroxyl groups is 1. The van der Waals surface area contributed by atoms with Gasteiger partial charge in [-0.05, 0) is 49.6 Å². The second-order valence-electron chi connectivity index (χ2n) is 7.44. The van der Waals surface area contributed by atoms with Crippen LogP contribution in [0.2, 0.25) is 0 Å². The molecule has 0 saturated carbocycles. The highest BCUT2D eigenvalue weighted by molar-refractivity contribution is 5.65. The van der Waals surface area contributed by atoms with Crippen LogP contribution in [0.1, 0.15) is 23.6 Å². The summed E-state index contributed by atoms with van der Waals surface area (Å²) in [5.74, 6) is -0.554. The van der Waals surface area contributed by atoms with Gasteiger partial charge < -0.3 is 19.5 Å². The number of methoxy groups -OCH3 is 1. The Morgan fingerprint density at radius 2 is 1.81 bits per heavy atom. The van der Waals surface area contributed by atoms with E-state index in [1.54, 1.807) is 18.2 Å². The number of alkyl halides is 3. The second-order valence-corrected chi connectivity index (χ2v) is 7.44. The molecule has 1 atom stereocenters. The van der Waals surface area contributed by atoms with Crippen LogP contribution in [0.3, 0.4) is 0 Å². The zero-order chi connectivity index (χ0) is 23.9. The molecule has 176 valence electrons. The zero-order valence-corrected chi connectivity index (χ0v) is 18.5. The molecule has 0 spiro atoms. The van der Waals surface area contributed by atoms with Crippen molar-refractivity contribution in [2.75, 3.05) is 33.9 Å². The third-order valence-corrected chi connectivity index (χ3v) is 5.08. The predicted molar refractivity (Wildman–Crippen MR) is 115 cm³/mol. The molecule has 0 heterocycles. The average molecular weight is 456 g/mol. The molecule has 0 amide bonds. The molecule has 0 bridgehead atoms. The maximum atomic E-state index is 14.0. The first-order valence-electron chi connectivity index (χ1n) is 10.1. The monoisotopic (exact) mass is 456 g/mol. The molecule has 0 aliphatic carbocycles. The Balaban J connectivity index is 2.27. The maximum Gasteiger partial charge on any atom is 0.423 e. The summed E-state index contributed by atoms with van der Waals surface area (Å²) in [4.78, 5) is 6.09. The van der Waals surface area contributed by atoms with Crippen molar-refractivity contribution in [1.29, 1.82) is 0 Å². The Labute approximate surface area is 185 Å². The number of nitrogens with zero attached hydrogens (tertiary/aromatic N) is 2. The van der Waals surface area contributed by atoms with Crippen molar-refractivity contribution in [2.45, 2.75) is 32.0 Å². The molecule has 0 aromatic heterocycles. The number of aryl methyl sites for hydroxylation is 1. The number of hydrogen-bond acceptors (Lipinski definition) is 4. The highest BCUT2D eigenvalue weighted by Crippen LogP contribution is 2.45. The first-order chi connectivity index (χ1) is 15.0. The maximum absolute atomic E-state index is 14.0. The van der Waals surface area contributed by atoms with Crippen LogP contribution in [-0.4, -0.2) is 56.4 Å². The molecule has 0 radical (unpaired) electrons. The summed E-state index contributed by atoms with van der Waals surface area (Å²) >= 11 is 0. The molecular weight excluding hydrogens is 428 g/mol. The van der Waals surface area contributed by atoms with Crippen LogP contribution in [-0.2, 0) is 16.8 Å². The van der Waals surface area contributed by atoms with E-state index in [-0.39, 0.29) is 18.8 Å². The lowest BCUT2D eigenvalue weighted by Gasteiger charge is -2.32. The molecule has 5 nitrogen and oxygen atoms in total. The van der Waals surface area contributed by atoms with Crippen molar-refractivity contribution in [1.82, 2.24) is 4.90 Å². The first kappa shape index (κ1) is 25.6. The van der Waals surface area contributed by atoms with Crippen molar-refractivity contribution in [3.63, 3.8) is 0 Å². The summed E-state index contributed by atoms with van der Waals surface area (Å²) < 4.78 is 65.3. The standard InChI is InChI=1S/C23H28F4N2O3/c1-5-29(3)15-28-20-13-21(31-4)19(12-16(20)2)22(30,23(25,26)27)14-32-11-10-17-6-8-18(24)9-7-17/h6-9,12-13,15,30H,5,10-11,14H2,1-4H3. The van der Waals surface area contributed by atoms with Crippen molar-refractivity contribution < 1.29 is 32.1 Å². The molecule has 1 N–H and O–H groups in total. The predicted octanol–water partition coefficient (Wildman–Crippen LogP) is 4.76. The van der Waals surface area contributed by atoms with E-state index in [9.17, 15) is 22.7 Å². The van der Waals surface area contributed by atoms with E-state index in [0.29, 0.717) is 23.4 Å². The fraction of sp³-hybridized carbons (Fsp3) is 0.435. The van der Waals surface area contributed by atoms with Crippen LogP contribution < -0.4 is 4.74 Å². The fourth-order valence-corrected chi connectivity index (χ4v) is 2.92. The van der Waals surface area contributed by atoms with Crippen molar-refractivity contribution in [2.24, 2.45) is 4.99 Å². The van der Waals surface area contributed by atoms with Gasteiger partial charge in [0.25, 0.3) is 0 Å². The highest BCUT2D eigenvalue weighted by Gasteiger charge is 2.56. The Kier molecular flexibility index (Phi) is 8.63. The number of aliphatic imine (C=N–C) groups is 1. The lowest BCUT2D eigenvalue weighted by molar-refractivity contribution is -0.282. The smallest absolute Gasteiger partial charge is 0.423 e. The lowest BCUT2D eigenvalue weighted by atomic mass is 9.91. The Morgan fingerprint density at radius 3 is 2.38 bits per heavy atom. The van der Waals surface area contributed by atoms with Crippen molar-refractivity contribution in [3.05, 3.63) is 58.9 Å². The van der Waals surface area contributed by atoms with Gasteiger partial charge >= 0.3 is 6.18 Å². The highest BCUT2D eigenvalue weighted by atomic mass is 19.4. The molecule has 0 saturated heterocycles. The molecule has 0 fully saturated rings. The quantitative estimate of drug-likeness (QED) is 0.242. The van der Waals surface area contributed by atoms with Gasteiger partial charge in [-0.1, -0.05) is 12.1 Å². The van der Waals surface area contributed by atoms with Gasteiger partial charge in [-0.3, -0.25) is 0 Å². The van der Waals surface area contributed by atoms with Gasteiger partial charge in [0, 0.05) is 25.2 Å². The minimum atomic E-state index is -5.02. The molecule has 2 aromatic rings. The van der Waals surface area contributed by atoms with Crippen LogP contribution in [0.25, 0.3) is 0 Å². The Morgan fingerprint density at radius 1 is 1.16 bits per heavy atom. The van der Waals surface area contributed by atoms with Crippen LogP contribution in [0.4, 0.5) is 23.2 Å². The molecule has 32 heavy (non-hydrogen) atoms. The summed E-state index contributed by atoms with van der Waals surface area (Å²) in [6.07, 6.45) is -3.19. The zero-order valence-electron chi connectivity index (χ0n) is 18.5. The molecule has 2 rings (SSSR count). The largest absolute Gasteiger partial charge is 0.496 e. The molecule has 1 unspecified atom stereocenters. The third-order valence-electron chi connectivity index (χ3n) is 5.08. The fourth-order valence-electron chi connectivity index (χ4n) is 2.92. The van der Waals surface area contributed by atoms with E-state index < -0.39 is 29.8 Å². The average Bonchev–Trinajstić information content (AvgIpc) is 2.75. The molecular formula is C23H28F4N2O3. The van der Waals surface area contributed by atoms with Gasteiger partial charge in [-0.15, -0.1) is 0 Å². The number of hydrogen-bond donors (Lipinski definition) is 1. The molecule has 0 aliphatic heterocycles. The van der Waals surface area contributed by atoms with E-state index in [1.165, 1.54) is 43.5 Å².